The maximum atomic E-state index is 9.28. The molecule has 1 saturated carbocycles. The van der Waals surface area contributed by atoms with Gasteiger partial charge in [-0.3, -0.25) is 0 Å². The molecule has 0 radical (unpaired) electrons. The van der Waals surface area contributed by atoms with E-state index in [4.69, 9.17) is 4.74 Å². The van der Waals surface area contributed by atoms with Crippen LogP contribution in [0.15, 0.2) is 0 Å². The van der Waals surface area contributed by atoms with Gasteiger partial charge in [0.2, 0.25) is 0 Å². The Kier molecular flexibility index (Phi) is 5.90. The molecule has 1 fully saturated rings. The molecule has 0 spiro atoms. The molecule has 0 aliphatic heterocycles. The number of hydrogen-bond donors (Lipinski definition) is 2. The zero-order chi connectivity index (χ0) is 12.9. The Hall–Kier alpha value is -0.120. The molecule has 1 aliphatic rings. The minimum atomic E-state index is -0.0571. The molecule has 0 heterocycles. The molecular weight excluding hydrogens is 214 g/mol. The average Bonchev–Trinajstić information content (AvgIpc) is 2.73. The number of nitrogens with one attached hydrogen (secondary N) is 1. The Bertz CT molecular complexity index is 218. The third-order valence-corrected chi connectivity index (χ3v) is 4.13. The largest absolute Gasteiger partial charge is 0.396 e. The van der Waals surface area contributed by atoms with Crippen molar-refractivity contribution in [1.82, 2.24) is 5.32 Å². The van der Waals surface area contributed by atoms with Crippen molar-refractivity contribution < 1.29 is 9.84 Å². The molecule has 3 heteroatoms. The second-order valence-electron chi connectivity index (χ2n) is 6.11. The van der Waals surface area contributed by atoms with Gasteiger partial charge in [-0.05, 0) is 58.4 Å². The first-order valence-corrected chi connectivity index (χ1v) is 6.88. The lowest BCUT2D eigenvalue weighted by Crippen LogP contribution is -2.38. The van der Waals surface area contributed by atoms with Crippen molar-refractivity contribution in [3.05, 3.63) is 0 Å². The molecule has 2 N–H and O–H groups in total. The van der Waals surface area contributed by atoms with E-state index < -0.39 is 0 Å². The highest BCUT2D eigenvalue weighted by molar-refractivity contribution is 4.81. The van der Waals surface area contributed by atoms with Gasteiger partial charge in [-0.15, -0.1) is 0 Å². The Morgan fingerprint density at radius 1 is 1.35 bits per heavy atom. The van der Waals surface area contributed by atoms with Crippen LogP contribution in [0.1, 0.15) is 46.5 Å². The topological polar surface area (TPSA) is 41.5 Å². The molecule has 0 amide bonds. The van der Waals surface area contributed by atoms with Gasteiger partial charge in [-0.25, -0.2) is 0 Å². The molecule has 0 bridgehead atoms. The van der Waals surface area contributed by atoms with E-state index in [1.165, 1.54) is 19.3 Å². The molecule has 3 atom stereocenters. The molecule has 1 aliphatic carbocycles. The van der Waals surface area contributed by atoms with E-state index in [2.05, 4.69) is 26.1 Å². The fraction of sp³-hybridized carbons (Fsp3) is 1.00. The monoisotopic (exact) mass is 243 g/mol. The van der Waals surface area contributed by atoms with Crippen molar-refractivity contribution >= 4 is 0 Å². The summed E-state index contributed by atoms with van der Waals surface area (Å²) >= 11 is 0. The summed E-state index contributed by atoms with van der Waals surface area (Å²) in [5.41, 5.74) is -0.0571. The summed E-state index contributed by atoms with van der Waals surface area (Å²) in [5.74, 6) is 1.18. The smallest absolute Gasteiger partial charge is 0.0637 e. The van der Waals surface area contributed by atoms with Crippen LogP contribution in [0.2, 0.25) is 0 Å². The minimum absolute atomic E-state index is 0.0571. The maximum Gasteiger partial charge on any atom is 0.0637 e. The fourth-order valence-corrected chi connectivity index (χ4v) is 2.87. The first-order chi connectivity index (χ1) is 7.98. The van der Waals surface area contributed by atoms with Crippen LogP contribution in [0, 0.1) is 11.8 Å². The van der Waals surface area contributed by atoms with E-state index in [1.54, 1.807) is 7.11 Å². The number of ether oxygens (including phenoxy) is 1. The highest BCUT2D eigenvalue weighted by Crippen LogP contribution is 2.30. The van der Waals surface area contributed by atoms with Crippen LogP contribution in [-0.4, -0.2) is 37.0 Å². The van der Waals surface area contributed by atoms with Crippen molar-refractivity contribution in [3.63, 3.8) is 0 Å². The van der Waals surface area contributed by atoms with Crippen LogP contribution >= 0.6 is 0 Å². The van der Waals surface area contributed by atoms with E-state index in [-0.39, 0.29) is 5.60 Å². The van der Waals surface area contributed by atoms with E-state index in [9.17, 15) is 5.11 Å². The van der Waals surface area contributed by atoms with Gasteiger partial charge in [0, 0.05) is 19.8 Å². The van der Waals surface area contributed by atoms with Crippen molar-refractivity contribution in [1.29, 1.82) is 0 Å². The predicted molar refractivity (Wildman–Crippen MR) is 71.1 cm³/mol. The first-order valence-electron chi connectivity index (χ1n) is 6.88. The molecule has 102 valence electrons. The number of aliphatic hydroxyl groups excluding tert-OH is 1. The van der Waals surface area contributed by atoms with Crippen molar-refractivity contribution in [2.24, 2.45) is 11.8 Å². The predicted octanol–water partition coefficient (Wildman–Crippen LogP) is 2.19. The third kappa shape index (κ3) is 4.94. The van der Waals surface area contributed by atoms with Gasteiger partial charge >= 0.3 is 0 Å². The zero-order valence-corrected chi connectivity index (χ0v) is 11.8. The lowest BCUT2D eigenvalue weighted by Gasteiger charge is -2.28. The van der Waals surface area contributed by atoms with Crippen LogP contribution < -0.4 is 5.32 Å². The first kappa shape index (κ1) is 14.9. The maximum absolute atomic E-state index is 9.28. The second-order valence-corrected chi connectivity index (χ2v) is 6.11. The Morgan fingerprint density at radius 2 is 2.00 bits per heavy atom. The molecule has 17 heavy (non-hydrogen) atoms. The summed E-state index contributed by atoms with van der Waals surface area (Å²) < 4.78 is 5.44. The second kappa shape index (κ2) is 6.72. The summed E-state index contributed by atoms with van der Waals surface area (Å²) in [6.07, 6.45) is 4.74. The molecule has 3 nitrogen and oxygen atoms in total. The van der Waals surface area contributed by atoms with E-state index >= 15 is 0 Å². The lowest BCUT2D eigenvalue weighted by molar-refractivity contribution is 0.00808. The van der Waals surface area contributed by atoms with Gasteiger partial charge in [-0.2, -0.15) is 0 Å². The Labute approximate surface area is 106 Å². The van der Waals surface area contributed by atoms with Crippen LogP contribution in [0.3, 0.4) is 0 Å². The van der Waals surface area contributed by atoms with Gasteiger partial charge in [-0.1, -0.05) is 6.42 Å². The normalized spacial score (nSPS) is 27.4. The van der Waals surface area contributed by atoms with Gasteiger partial charge in [0.1, 0.15) is 0 Å². The van der Waals surface area contributed by atoms with E-state index in [0.717, 1.165) is 13.0 Å². The standard InChI is InChI=1S/C14H29NO2/c1-11(8-14(2,3)17-4)15-9-12-6-5-7-13(12)10-16/h11-13,15-16H,5-10H2,1-4H3. The minimum Gasteiger partial charge on any atom is -0.396 e. The molecule has 0 aromatic carbocycles. The Morgan fingerprint density at radius 3 is 2.59 bits per heavy atom. The van der Waals surface area contributed by atoms with Gasteiger partial charge < -0.3 is 15.2 Å². The Balaban J connectivity index is 2.25. The highest BCUT2D eigenvalue weighted by atomic mass is 16.5. The SMILES string of the molecule is COC(C)(C)CC(C)NCC1CCCC1CO. The summed E-state index contributed by atoms with van der Waals surface area (Å²) in [7, 11) is 1.77. The van der Waals surface area contributed by atoms with Crippen LogP contribution in [0.5, 0.6) is 0 Å². The van der Waals surface area contributed by atoms with Gasteiger partial charge in [0.05, 0.1) is 5.60 Å². The number of hydrogen-bond acceptors (Lipinski definition) is 3. The number of methoxy groups -OCH3 is 1. The summed E-state index contributed by atoms with van der Waals surface area (Å²) in [4.78, 5) is 0. The fourth-order valence-electron chi connectivity index (χ4n) is 2.87. The molecule has 3 unspecified atom stereocenters. The van der Waals surface area contributed by atoms with E-state index in [1.807, 2.05) is 0 Å². The van der Waals surface area contributed by atoms with Crippen LogP contribution in [-0.2, 0) is 4.74 Å². The lowest BCUT2D eigenvalue weighted by atomic mass is 9.95. The highest BCUT2D eigenvalue weighted by Gasteiger charge is 2.27. The summed E-state index contributed by atoms with van der Waals surface area (Å²) in [6, 6.07) is 0.463. The van der Waals surface area contributed by atoms with Crippen LogP contribution in [0.25, 0.3) is 0 Å². The summed E-state index contributed by atoms with van der Waals surface area (Å²) in [5, 5.41) is 12.9. The molecule has 0 saturated heterocycles. The van der Waals surface area contributed by atoms with Crippen molar-refractivity contribution in [2.75, 3.05) is 20.3 Å². The van der Waals surface area contributed by atoms with Crippen LogP contribution in [0.4, 0.5) is 0 Å². The van der Waals surface area contributed by atoms with Crippen molar-refractivity contribution in [3.8, 4) is 0 Å². The molecule has 0 aromatic heterocycles. The zero-order valence-electron chi connectivity index (χ0n) is 11.8. The number of rotatable bonds is 7. The summed E-state index contributed by atoms with van der Waals surface area (Å²) in [6.45, 7) is 7.84. The quantitative estimate of drug-likeness (QED) is 0.720. The van der Waals surface area contributed by atoms with Crippen molar-refractivity contribution in [2.45, 2.75) is 58.1 Å². The number of aliphatic hydroxyl groups is 1. The molecule has 1 rings (SSSR count). The van der Waals surface area contributed by atoms with E-state index in [0.29, 0.717) is 24.5 Å². The third-order valence-electron chi connectivity index (χ3n) is 4.13. The average molecular weight is 243 g/mol. The van der Waals surface area contributed by atoms with Gasteiger partial charge in [0.15, 0.2) is 0 Å². The molecular formula is C14H29NO2. The molecule has 0 aromatic rings. The van der Waals surface area contributed by atoms with Gasteiger partial charge in [0.25, 0.3) is 0 Å².